The number of carbonyl (C=O) groups is 3. The maximum absolute atomic E-state index is 17.1. The number of fused-ring (bicyclic) bond motifs is 5. The molecule has 360 valence electrons. The predicted octanol–water partition coefficient (Wildman–Crippen LogP) is 5.65. The smallest absolute Gasteiger partial charge is 0.319 e. The molecule has 0 aliphatic carbocycles. The number of nitrogens with one attached hydrogen (secondary N) is 2. The van der Waals surface area contributed by atoms with Gasteiger partial charge in [0.25, 0.3) is 5.91 Å². The number of phenolic OH excluding ortho intramolecular Hbond substituents is 1. The Morgan fingerprint density at radius 2 is 1.68 bits per heavy atom. The number of pyridine rings is 1. The fourth-order valence-corrected chi connectivity index (χ4v) is 12.8. The lowest BCUT2D eigenvalue weighted by Gasteiger charge is -2.55. The Hall–Kier alpha value is -5.97. The van der Waals surface area contributed by atoms with E-state index >= 15 is 4.39 Å². The number of ether oxygens (including phenoxy) is 1. The lowest BCUT2D eigenvalue weighted by molar-refractivity contribution is -0.136. The van der Waals surface area contributed by atoms with Gasteiger partial charge in [0.2, 0.25) is 11.8 Å². The van der Waals surface area contributed by atoms with Gasteiger partial charge in [0.15, 0.2) is 5.82 Å². The standard InChI is InChI=1S/C53H61FN10O5/c1-2-33-4-3-5-34-23-39(65)24-41(45(33)34)47-46(54)48-42(25-55-47)49(63-28-36-6-7-37(29-63)56-36)59-52(58-48)69-21-20-60-16-12-32(13-17-60)26-61-30-53(31-61)14-18-62(19-15-53)38-8-9-40-35(22-38)27-64(51(40)68)43-10-11-44(66)57-50(43)67/h3-5,8-9,22-25,32,36-37,43,56,65H,2,6-7,10-21,26-31H2,1H3,(H,57,66,67). The first-order valence-electron chi connectivity index (χ1n) is 25.3. The van der Waals surface area contributed by atoms with Gasteiger partial charge in [-0.2, -0.15) is 9.97 Å². The van der Waals surface area contributed by atoms with Gasteiger partial charge in [0, 0.05) is 100 Å². The number of amides is 3. The third kappa shape index (κ3) is 8.31. The number of halogens is 1. The molecular weight excluding hydrogens is 876 g/mol. The number of benzene rings is 3. The number of piperidine rings is 3. The Bertz CT molecular complexity index is 2840. The van der Waals surface area contributed by atoms with Crippen LogP contribution in [0.25, 0.3) is 32.9 Å². The van der Waals surface area contributed by atoms with Gasteiger partial charge >= 0.3 is 6.01 Å². The van der Waals surface area contributed by atoms with Crippen molar-refractivity contribution < 1.29 is 28.6 Å². The predicted molar refractivity (Wildman–Crippen MR) is 261 cm³/mol. The van der Waals surface area contributed by atoms with Crippen molar-refractivity contribution in [3.63, 3.8) is 0 Å². The molecule has 6 saturated heterocycles. The second-order valence-corrected chi connectivity index (χ2v) is 20.9. The Kier molecular flexibility index (Phi) is 11.4. The van der Waals surface area contributed by atoms with Gasteiger partial charge in [-0.05, 0) is 128 Å². The van der Waals surface area contributed by atoms with Crippen molar-refractivity contribution in [2.75, 3.05) is 81.9 Å². The summed E-state index contributed by atoms with van der Waals surface area (Å²) in [7, 11) is 0. The lowest BCUT2D eigenvalue weighted by atomic mass is 9.71. The normalized spacial score (nSPS) is 24.1. The van der Waals surface area contributed by atoms with E-state index in [1.54, 1.807) is 23.2 Å². The molecule has 9 heterocycles. The Balaban J connectivity index is 0.648. The number of nitrogens with zero attached hydrogens (tertiary/aromatic N) is 8. The zero-order chi connectivity index (χ0) is 47.0. The minimum Gasteiger partial charge on any atom is -0.508 e. The molecule has 3 unspecified atom stereocenters. The molecular formula is C53H61FN10O5. The molecule has 3 N–H and O–H groups in total. The molecule has 5 aromatic rings. The minimum absolute atomic E-state index is 0.0560. The SMILES string of the molecule is CCc1cccc2cc(O)cc(-c3ncc4c(N5CC6CCC(C5)N6)nc(OCCN5CCC(CN6CC7(CCN(c8ccc9c(c8)CN(C8CCC(=O)NC8=O)C9=O)CC7)C6)CC5)nc4c3F)c12. The van der Waals surface area contributed by atoms with E-state index in [1.165, 1.54) is 0 Å². The van der Waals surface area contributed by atoms with Crippen LogP contribution in [-0.4, -0.2) is 143 Å². The molecule has 3 aromatic carbocycles. The molecule has 12 rings (SSSR count). The molecule has 7 aliphatic rings. The molecule has 16 heteroatoms. The maximum Gasteiger partial charge on any atom is 0.319 e. The number of aromatic hydroxyl groups is 1. The number of hydrogen-bond donors (Lipinski definition) is 3. The van der Waals surface area contributed by atoms with Crippen molar-refractivity contribution in [1.82, 2.24) is 40.3 Å². The summed E-state index contributed by atoms with van der Waals surface area (Å²) in [6, 6.07) is 15.6. The van der Waals surface area contributed by atoms with Crippen LogP contribution in [0.4, 0.5) is 15.9 Å². The molecule has 0 radical (unpaired) electrons. The Labute approximate surface area is 401 Å². The van der Waals surface area contributed by atoms with Crippen molar-refractivity contribution in [2.24, 2.45) is 11.3 Å². The molecule has 6 fully saturated rings. The van der Waals surface area contributed by atoms with E-state index in [9.17, 15) is 19.5 Å². The number of likely N-dealkylation sites (tertiary alicyclic amines) is 2. The summed E-state index contributed by atoms with van der Waals surface area (Å²) in [6.07, 6.45) is 9.86. The maximum atomic E-state index is 17.1. The van der Waals surface area contributed by atoms with Crippen molar-refractivity contribution in [3.05, 3.63) is 77.2 Å². The molecule has 15 nitrogen and oxygen atoms in total. The second kappa shape index (κ2) is 17.8. The highest BCUT2D eigenvalue weighted by atomic mass is 19.1. The molecule has 3 atom stereocenters. The van der Waals surface area contributed by atoms with Gasteiger partial charge in [-0.3, -0.25) is 29.6 Å². The number of aromatic nitrogens is 3. The quantitative estimate of drug-likeness (QED) is 0.140. The number of hydrogen-bond acceptors (Lipinski definition) is 13. The van der Waals surface area contributed by atoms with Crippen LogP contribution in [0.3, 0.4) is 0 Å². The van der Waals surface area contributed by atoms with Crippen LogP contribution in [-0.2, 0) is 22.6 Å². The molecule has 2 bridgehead atoms. The number of piperazine rings is 1. The number of carbonyl (C=O) groups excluding carboxylic acids is 3. The number of imide groups is 1. The number of aryl methyl sites for hydroxylation is 1. The van der Waals surface area contributed by atoms with Crippen molar-refractivity contribution >= 4 is 50.9 Å². The first-order valence-corrected chi connectivity index (χ1v) is 25.3. The van der Waals surface area contributed by atoms with Gasteiger partial charge in [0.1, 0.15) is 35.4 Å². The van der Waals surface area contributed by atoms with Crippen LogP contribution < -0.4 is 25.2 Å². The van der Waals surface area contributed by atoms with E-state index < -0.39 is 11.9 Å². The third-order valence-electron chi connectivity index (χ3n) is 16.5. The van der Waals surface area contributed by atoms with Crippen LogP contribution >= 0.6 is 0 Å². The molecule has 3 amide bonds. The van der Waals surface area contributed by atoms with E-state index in [0.717, 1.165) is 138 Å². The van der Waals surface area contributed by atoms with Crippen LogP contribution in [0.15, 0.2) is 54.7 Å². The topological polar surface area (TPSA) is 160 Å². The molecule has 0 saturated carbocycles. The largest absolute Gasteiger partial charge is 0.508 e. The third-order valence-corrected chi connectivity index (χ3v) is 16.5. The van der Waals surface area contributed by atoms with Crippen LogP contribution in [0.5, 0.6) is 11.8 Å². The second-order valence-electron chi connectivity index (χ2n) is 20.9. The lowest BCUT2D eigenvalue weighted by Crippen LogP contribution is -2.61. The van der Waals surface area contributed by atoms with E-state index in [2.05, 4.69) is 49.3 Å². The Morgan fingerprint density at radius 3 is 2.45 bits per heavy atom. The first-order chi connectivity index (χ1) is 33.6. The van der Waals surface area contributed by atoms with E-state index in [4.69, 9.17) is 19.7 Å². The summed E-state index contributed by atoms with van der Waals surface area (Å²) in [5, 5.41) is 19.1. The van der Waals surface area contributed by atoms with Crippen LogP contribution in [0, 0.1) is 17.2 Å². The molecule has 1 spiro atoms. The highest BCUT2D eigenvalue weighted by Crippen LogP contribution is 2.43. The van der Waals surface area contributed by atoms with Gasteiger partial charge < -0.3 is 34.8 Å². The summed E-state index contributed by atoms with van der Waals surface area (Å²) >= 11 is 0. The summed E-state index contributed by atoms with van der Waals surface area (Å²) < 4.78 is 23.4. The fraction of sp³-hybridized carbons (Fsp3) is 0.509. The van der Waals surface area contributed by atoms with E-state index in [0.29, 0.717) is 65.3 Å². The Morgan fingerprint density at radius 1 is 0.884 bits per heavy atom. The zero-order valence-corrected chi connectivity index (χ0v) is 39.4. The summed E-state index contributed by atoms with van der Waals surface area (Å²) in [5.74, 6) is 0.0437. The number of anilines is 2. The summed E-state index contributed by atoms with van der Waals surface area (Å²) in [6.45, 7) is 12.6. The fourth-order valence-electron chi connectivity index (χ4n) is 12.8. The highest BCUT2D eigenvalue weighted by molar-refractivity contribution is 6.06. The van der Waals surface area contributed by atoms with Gasteiger partial charge in [0.05, 0.1) is 5.39 Å². The van der Waals surface area contributed by atoms with E-state index in [-0.39, 0.29) is 47.1 Å². The van der Waals surface area contributed by atoms with Crippen LogP contribution in [0.2, 0.25) is 0 Å². The van der Waals surface area contributed by atoms with Gasteiger partial charge in [-0.1, -0.05) is 25.1 Å². The molecule has 69 heavy (non-hydrogen) atoms. The minimum atomic E-state index is -0.599. The number of rotatable bonds is 11. The summed E-state index contributed by atoms with van der Waals surface area (Å²) in [5.41, 5.74) is 5.04. The van der Waals surface area contributed by atoms with E-state index in [1.807, 2.05) is 24.3 Å². The average Bonchev–Trinajstić information content (AvgIpc) is 3.86. The van der Waals surface area contributed by atoms with Crippen LogP contribution in [0.1, 0.15) is 79.8 Å². The van der Waals surface area contributed by atoms with Gasteiger partial charge in [-0.25, -0.2) is 4.39 Å². The van der Waals surface area contributed by atoms with Crippen molar-refractivity contribution in [1.29, 1.82) is 0 Å². The molecule has 7 aliphatic heterocycles. The van der Waals surface area contributed by atoms with Gasteiger partial charge in [-0.15, -0.1) is 0 Å². The summed E-state index contributed by atoms with van der Waals surface area (Å²) in [4.78, 5) is 63.3. The van der Waals surface area contributed by atoms with Crippen molar-refractivity contribution in [2.45, 2.75) is 89.4 Å². The average molecular weight is 937 g/mol. The first kappa shape index (κ1) is 44.3. The molecule has 2 aromatic heterocycles. The zero-order valence-electron chi connectivity index (χ0n) is 39.4. The highest BCUT2D eigenvalue weighted by Gasteiger charge is 2.46. The van der Waals surface area contributed by atoms with Crippen molar-refractivity contribution in [3.8, 4) is 23.0 Å². The monoisotopic (exact) mass is 936 g/mol. The number of phenols is 1.